The minimum absolute atomic E-state index is 0.228. The van der Waals surface area contributed by atoms with E-state index < -0.39 is 0 Å². The molecule has 0 fully saturated rings. The molecule has 4 heteroatoms. The first-order chi connectivity index (χ1) is 9.65. The van der Waals surface area contributed by atoms with Gasteiger partial charge in [0.1, 0.15) is 11.5 Å². The molecule has 0 aliphatic heterocycles. The number of nitrogens with two attached hydrogens (primary N) is 1. The summed E-state index contributed by atoms with van der Waals surface area (Å²) in [4.78, 5) is 0. The average Bonchev–Trinajstić information content (AvgIpc) is 2.47. The summed E-state index contributed by atoms with van der Waals surface area (Å²) in [6, 6.07) is 13.5. The van der Waals surface area contributed by atoms with Crippen LogP contribution in [0.3, 0.4) is 0 Å². The number of halogens is 1. The Morgan fingerprint density at radius 1 is 1.15 bits per heavy atom. The maximum Gasteiger partial charge on any atom is 0.125 e. The third kappa shape index (κ3) is 3.32. The Labute approximate surface area is 127 Å². The minimum atomic E-state index is -0.228. The number of hydrogen-bond acceptors (Lipinski definition) is 3. The first kappa shape index (κ1) is 14.9. The van der Waals surface area contributed by atoms with Crippen molar-refractivity contribution in [2.24, 2.45) is 5.73 Å². The van der Waals surface area contributed by atoms with Gasteiger partial charge < -0.3 is 15.2 Å². The quantitative estimate of drug-likeness (QED) is 0.900. The molecule has 0 saturated heterocycles. The highest BCUT2D eigenvalue weighted by atomic mass is 79.9. The van der Waals surface area contributed by atoms with Crippen molar-refractivity contribution in [2.45, 2.75) is 13.0 Å². The fourth-order valence-electron chi connectivity index (χ4n) is 2.06. The van der Waals surface area contributed by atoms with Gasteiger partial charge in [0.25, 0.3) is 0 Å². The normalized spacial score (nSPS) is 12.0. The highest BCUT2D eigenvalue weighted by Gasteiger charge is 2.14. The van der Waals surface area contributed by atoms with E-state index in [0.717, 1.165) is 27.1 Å². The van der Waals surface area contributed by atoms with Crippen LogP contribution in [0, 0.1) is 0 Å². The van der Waals surface area contributed by atoms with Crippen molar-refractivity contribution in [1.82, 2.24) is 0 Å². The van der Waals surface area contributed by atoms with E-state index in [9.17, 15) is 0 Å². The van der Waals surface area contributed by atoms with Crippen molar-refractivity contribution in [3.63, 3.8) is 0 Å². The summed E-state index contributed by atoms with van der Waals surface area (Å²) in [5, 5.41) is 0. The largest absolute Gasteiger partial charge is 0.496 e. The molecule has 0 aromatic heterocycles. The highest BCUT2D eigenvalue weighted by molar-refractivity contribution is 9.10. The summed E-state index contributed by atoms with van der Waals surface area (Å²) in [6.45, 7) is 2.62. The maximum atomic E-state index is 6.33. The predicted octanol–water partition coefficient (Wildman–Crippen LogP) is 3.90. The summed E-state index contributed by atoms with van der Waals surface area (Å²) in [5.74, 6) is 1.63. The Morgan fingerprint density at radius 3 is 2.45 bits per heavy atom. The second-order valence-electron chi connectivity index (χ2n) is 4.37. The molecular weight excluding hydrogens is 318 g/mol. The van der Waals surface area contributed by atoms with Gasteiger partial charge in [0.05, 0.1) is 19.8 Å². The lowest BCUT2D eigenvalue weighted by molar-refractivity contribution is 0.340. The van der Waals surface area contributed by atoms with E-state index in [1.54, 1.807) is 7.11 Å². The van der Waals surface area contributed by atoms with E-state index in [1.807, 2.05) is 49.4 Å². The van der Waals surface area contributed by atoms with Crippen molar-refractivity contribution < 1.29 is 9.47 Å². The number of hydrogen-bond donors (Lipinski definition) is 1. The van der Waals surface area contributed by atoms with Crippen LogP contribution in [0.1, 0.15) is 24.1 Å². The van der Waals surface area contributed by atoms with Crippen LogP contribution in [-0.2, 0) is 0 Å². The molecule has 0 saturated carbocycles. The fourth-order valence-corrected chi connectivity index (χ4v) is 2.40. The highest BCUT2D eigenvalue weighted by Crippen LogP contribution is 2.31. The molecule has 0 spiro atoms. The molecule has 3 nitrogen and oxygen atoms in total. The molecule has 2 rings (SSSR count). The van der Waals surface area contributed by atoms with E-state index >= 15 is 0 Å². The molecule has 0 amide bonds. The van der Waals surface area contributed by atoms with Crippen LogP contribution in [0.5, 0.6) is 11.5 Å². The van der Waals surface area contributed by atoms with E-state index in [-0.39, 0.29) is 6.04 Å². The zero-order valence-corrected chi connectivity index (χ0v) is 13.2. The van der Waals surface area contributed by atoms with Crippen LogP contribution in [0.25, 0.3) is 0 Å². The second-order valence-corrected chi connectivity index (χ2v) is 5.28. The molecule has 20 heavy (non-hydrogen) atoms. The van der Waals surface area contributed by atoms with Gasteiger partial charge in [0.2, 0.25) is 0 Å². The number of rotatable bonds is 5. The first-order valence-electron chi connectivity index (χ1n) is 6.47. The molecule has 0 aliphatic rings. The Hall–Kier alpha value is -1.52. The molecule has 106 valence electrons. The van der Waals surface area contributed by atoms with E-state index in [0.29, 0.717) is 6.61 Å². The van der Waals surface area contributed by atoms with E-state index in [2.05, 4.69) is 15.9 Å². The SMILES string of the molecule is CCOc1ccc(C(N)c2ccc(Br)cc2OC)cc1. The summed E-state index contributed by atoms with van der Waals surface area (Å²) in [7, 11) is 1.65. The van der Waals surface area contributed by atoms with Crippen LogP contribution in [-0.4, -0.2) is 13.7 Å². The Kier molecular flexibility index (Phi) is 5.04. The Morgan fingerprint density at radius 2 is 1.85 bits per heavy atom. The Balaban J connectivity index is 2.28. The first-order valence-corrected chi connectivity index (χ1v) is 7.26. The van der Waals surface area contributed by atoms with E-state index in [4.69, 9.17) is 15.2 Å². The second kappa shape index (κ2) is 6.77. The molecule has 1 unspecified atom stereocenters. The van der Waals surface area contributed by atoms with Gasteiger partial charge in [0, 0.05) is 10.0 Å². The number of ether oxygens (including phenoxy) is 2. The van der Waals surface area contributed by atoms with Crippen LogP contribution in [0.2, 0.25) is 0 Å². The lowest BCUT2D eigenvalue weighted by Crippen LogP contribution is -2.13. The molecule has 1 atom stereocenters. The van der Waals surface area contributed by atoms with Crippen LogP contribution < -0.4 is 15.2 Å². The van der Waals surface area contributed by atoms with Crippen LogP contribution in [0.4, 0.5) is 0 Å². The monoisotopic (exact) mass is 335 g/mol. The van der Waals surface area contributed by atoms with Crippen molar-refractivity contribution in [3.8, 4) is 11.5 Å². The van der Waals surface area contributed by atoms with Crippen LogP contribution in [0.15, 0.2) is 46.9 Å². The van der Waals surface area contributed by atoms with Crippen LogP contribution >= 0.6 is 15.9 Å². The lowest BCUT2D eigenvalue weighted by atomic mass is 9.99. The van der Waals surface area contributed by atoms with Gasteiger partial charge in [-0.05, 0) is 36.8 Å². The smallest absolute Gasteiger partial charge is 0.125 e. The van der Waals surface area contributed by atoms with Gasteiger partial charge in [-0.15, -0.1) is 0 Å². The number of methoxy groups -OCH3 is 1. The van der Waals surface area contributed by atoms with Crippen molar-refractivity contribution in [3.05, 3.63) is 58.1 Å². The number of benzene rings is 2. The zero-order valence-electron chi connectivity index (χ0n) is 11.6. The average molecular weight is 336 g/mol. The van der Waals surface area contributed by atoms with Gasteiger partial charge in [-0.25, -0.2) is 0 Å². The van der Waals surface area contributed by atoms with Crippen molar-refractivity contribution in [2.75, 3.05) is 13.7 Å². The molecule has 0 radical (unpaired) electrons. The Bertz CT molecular complexity index is 569. The molecule has 2 aromatic carbocycles. The van der Waals surface area contributed by atoms with Gasteiger partial charge >= 0.3 is 0 Å². The summed E-state index contributed by atoms with van der Waals surface area (Å²) in [6.07, 6.45) is 0. The minimum Gasteiger partial charge on any atom is -0.496 e. The third-order valence-corrected chi connectivity index (χ3v) is 3.57. The third-order valence-electron chi connectivity index (χ3n) is 3.08. The van der Waals surface area contributed by atoms with Gasteiger partial charge in [-0.2, -0.15) is 0 Å². The zero-order chi connectivity index (χ0) is 14.5. The van der Waals surface area contributed by atoms with Gasteiger partial charge in [0.15, 0.2) is 0 Å². The van der Waals surface area contributed by atoms with Crippen molar-refractivity contribution >= 4 is 15.9 Å². The standard InChI is InChI=1S/C16H18BrNO2/c1-3-20-13-7-4-11(5-8-13)16(18)14-9-6-12(17)10-15(14)19-2/h4-10,16H,3,18H2,1-2H3. The molecule has 2 aromatic rings. The topological polar surface area (TPSA) is 44.5 Å². The predicted molar refractivity (Wildman–Crippen MR) is 84.3 cm³/mol. The molecular formula is C16H18BrNO2. The molecule has 0 aliphatic carbocycles. The maximum absolute atomic E-state index is 6.33. The summed E-state index contributed by atoms with van der Waals surface area (Å²) in [5.41, 5.74) is 8.31. The van der Waals surface area contributed by atoms with Gasteiger partial charge in [-0.1, -0.05) is 34.1 Å². The van der Waals surface area contributed by atoms with Gasteiger partial charge in [-0.3, -0.25) is 0 Å². The molecule has 0 heterocycles. The molecule has 2 N–H and O–H groups in total. The summed E-state index contributed by atoms with van der Waals surface area (Å²) < 4.78 is 11.8. The fraction of sp³-hybridized carbons (Fsp3) is 0.250. The van der Waals surface area contributed by atoms with E-state index in [1.165, 1.54) is 0 Å². The van der Waals surface area contributed by atoms with Crippen molar-refractivity contribution in [1.29, 1.82) is 0 Å². The molecule has 0 bridgehead atoms. The summed E-state index contributed by atoms with van der Waals surface area (Å²) >= 11 is 3.43. The lowest BCUT2D eigenvalue weighted by Gasteiger charge is -2.17.